The number of nitrogens with zero attached hydrogens (tertiary/aromatic N) is 1. The molecular formula is C9H10N2O4S. The predicted molar refractivity (Wildman–Crippen MR) is 55.3 cm³/mol. The van der Waals surface area contributed by atoms with Crippen molar-refractivity contribution in [3.8, 4) is 5.75 Å². The number of nitrogens with two attached hydrogens (primary N) is 1. The lowest BCUT2D eigenvalue weighted by atomic mass is 10.2. The van der Waals surface area contributed by atoms with Gasteiger partial charge in [0.15, 0.2) is 0 Å². The molecule has 0 spiro atoms. The van der Waals surface area contributed by atoms with Gasteiger partial charge in [-0.2, -0.15) is 0 Å². The predicted octanol–water partition coefficient (Wildman–Crippen LogP) is 0.278. The molecule has 7 heteroatoms. The molecule has 86 valence electrons. The molecule has 0 atom stereocenters. The summed E-state index contributed by atoms with van der Waals surface area (Å²) < 4.78 is 27.2. The first-order valence-corrected chi connectivity index (χ1v) is 6.01. The fourth-order valence-electron chi connectivity index (χ4n) is 1.45. The number of sulfonamides is 1. The molecule has 0 aliphatic carbocycles. The van der Waals surface area contributed by atoms with Gasteiger partial charge in [-0.15, -0.1) is 0 Å². The molecular weight excluding hydrogens is 232 g/mol. The van der Waals surface area contributed by atoms with Crippen molar-refractivity contribution in [1.29, 1.82) is 0 Å². The number of hydrogen-bond acceptors (Lipinski definition) is 4. The van der Waals surface area contributed by atoms with E-state index in [0.29, 0.717) is 17.9 Å². The van der Waals surface area contributed by atoms with Crippen LogP contribution in [0.5, 0.6) is 5.75 Å². The summed E-state index contributed by atoms with van der Waals surface area (Å²) in [4.78, 5) is 12.6. The lowest BCUT2D eigenvalue weighted by Gasteiger charge is -2.24. The smallest absolute Gasteiger partial charge is 0.410 e. The lowest BCUT2D eigenvalue weighted by Crippen LogP contribution is -2.33. The Balaban J connectivity index is 2.48. The first kappa shape index (κ1) is 10.9. The second-order valence-electron chi connectivity index (χ2n) is 3.54. The Kier molecular flexibility index (Phi) is 2.36. The molecule has 1 amide bonds. The number of benzene rings is 1. The largest absolute Gasteiger partial charge is 0.415 e. The third-order valence-electron chi connectivity index (χ3n) is 2.28. The van der Waals surface area contributed by atoms with Crippen molar-refractivity contribution in [3.63, 3.8) is 0 Å². The van der Waals surface area contributed by atoms with Crippen LogP contribution in [0.1, 0.15) is 5.56 Å². The Morgan fingerprint density at radius 2 is 2.12 bits per heavy atom. The summed E-state index contributed by atoms with van der Waals surface area (Å²) in [6.45, 7) is 0.303. The van der Waals surface area contributed by atoms with Crippen LogP contribution in [0, 0.1) is 0 Å². The number of amides is 1. The lowest BCUT2D eigenvalue weighted by molar-refractivity contribution is 0.150. The highest BCUT2D eigenvalue weighted by atomic mass is 32.2. The normalized spacial score (nSPS) is 15.6. The Bertz CT molecular complexity index is 553. The second kappa shape index (κ2) is 3.46. The maximum Gasteiger partial charge on any atom is 0.415 e. The van der Waals surface area contributed by atoms with E-state index in [0.717, 1.165) is 0 Å². The van der Waals surface area contributed by atoms with Gasteiger partial charge in [-0.05, 0) is 18.2 Å². The summed E-state index contributed by atoms with van der Waals surface area (Å²) in [5, 5.41) is 5.00. The number of carbonyl (C=O) groups excluding carboxylic acids is 1. The zero-order valence-corrected chi connectivity index (χ0v) is 9.32. The molecule has 0 unspecified atom stereocenters. The molecule has 0 saturated carbocycles. The van der Waals surface area contributed by atoms with Gasteiger partial charge < -0.3 is 9.64 Å². The summed E-state index contributed by atoms with van der Waals surface area (Å²) in [5.41, 5.74) is 0.619. The van der Waals surface area contributed by atoms with E-state index in [1.54, 1.807) is 7.05 Å². The molecule has 1 aliphatic rings. The maximum atomic E-state index is 11.2. The van der Waals surface area contributed by atoms with Gasteiger partial charge in [0.25, 0.3) is 0 Å². The van der Waals surface area contributed by atoms with Crippen LogP contribution in [0.2, 0.25) is 0 Å². The Labute approximate surface area is 92.7 Å². The van der Waals surface area contributed by atoms with Crippen LogP contribution in [-0.2, 0) is 16.6 Å². The SMILES string of the molecule is CN1Cc2cc(S(N)(=O)=O)ccc2OC1=O. The Hall–Kier alpha value is -1.60. The van der Waals surface area contributed by atoms with Gasteiger partial charge in [0, 0.05) is 12.6 Å². The van der Waals surface area contributed by atoms with Gasteiger partial charge in [-0.3, -0.25) is 0 Å². The minimum absolute atomic E-state index is 0.0117. The van der Waals surface area contributed by atoms with Crippen molar-refractivity contribution in [2.75, 3.05) is 7.05 Å². The zero-order chi connectivity index (χ0) is 11.9. The molecule has 0 fully saturated rings. The second-order valence-corrected chi connectivity index (χ2v) is 5.10. The minimum atomic E-state index is -3.73. The molecule has 0 aromatic heterocycles. The van der Waals surface area contributed by atoms with Crippen LogP contribution < -0.4 is 9.88 Å². The van der Waals surface area contributed by atoms with E-state index >= 15 is 0 Å². The zero-order valence-electron chi connectivity index (χ0n) is 8.50. The number of primary sulfonamides is 1. The van der Waals surface area contributed by atoms with Gasteiger partial charge in [0.1, 0.15) is 5.75 Å². The van der Waals surface area contributed by atoms with E-state index < -0.39 is 16.1 Å². The highest BCUT2D eigenvalue weighted by Crippen LogP contribution is 2.27. The number of fused-ring (bicyclic) bond motifs is 1. The average Bonchev–Trinajstić information content (AvgIpc) is 2.17. The molecule has 2 N–H and O–H groups in total. The Morgan fingerprint density at radius 1 is 1.44 bits per heavy atom. The third-order valence-corrected chi connectivity index (χ3v) is 3.19. The molecule has 16 heavy (non-hydrogen) atoms. The first-order valence-electron chi connectivity index (χ1n) is 4.46. The van der Waals surface area contributed by atoms with Crippen LogP contribution in [0.25, 0.3) is 0 Å². The van der Waals surface area contributed by atoms with Crippen LogP contribution in [0.4, 0.5) is 4.79 Å². The molecule has 0 saturated heterocycles. The molecule has 1 aliphatic heterocycles. The van der Waals surface area contributed by atoms with Crippen molar-refractivity contribution in [1.82, 2.24) is 4.90 Å². The Morgan fingerprint density at radius 3 is 2.75 bits per heavy atom. The van der Waals surface area contributed by atoms with Gasteiger partial charge in [0.2, 0.25) is 10.0 Å². The third kappa shape index (κ3) is 1.86. The molecule has 1 aromatic carbocycles. The van der Waals surface area contributed by atoms with E-state index in [9.17, 15) is 13.2 Å². The van der Waals surface area contributed by atoms with E-state index in [1.807, 2.05) is 0 Å². The highest BCUT2D eigenvalue weighted by molar-refractivity contribution is 7.89. The van der Waals surface area contributed by atoms with Crippen LogP contribution in [0.3, 0.4) is 0 Å². The van der Waals surface area contributed by atoms with E-state index in [4.69, 9.17) is 9.88 Å². The average molecular weight is 242 g/mol. The number of rotatable bonds is 1. The van der Waals surface area contributed by atoms with Gasteiger partial charge >= 0.3 is 6.09 Å². The van der Waals surface area contributed by atoms with Crippen molar-refractivity contribution in [3.05, 3.63) is 23.8 Å². The molecule has 1 aromatic rings. The minimum Gasteiger partial charge on any atom is -0.410 e. The molecule has 2 rings (SSSR count). The van der Waals surface area contributed by atoms with Gasteiger partial charge in [-0.1, -0.05) is 0 Å². The fraction of sp³-hybridized carbons (Fsp3) is 0.222. The van der Waals surface area contributed by atoms with Crippen molar-refractivity contribution < 1.29 is 17.9 Å². The van der Waals surface area contributed by atoms with E-state index in [1.165, 1.54) is 23.1 Å². The molecule has 0 bridgehead atoms. The summed E-state index contributed by atoms with van der Waals surface area (Å²) in [6.07, 6.45) is -0.462. The summed E-state index contributed by atoms with van der Waals surface area (Å²) in [5.74, 6) is 0.371. The maximum absolute atomic E-state index is 11.2. The molecule has 1 heterocycles. The summed E-state index contributed by atoms with van der Waals surface area (Å²) >= 11 is 0. The first-order chi connectivity index (χ1) is 7.38. The van der Waals surface area contributed by atoms with Crippen molar-refractivity contribution in [2.24, 2.45) is 5.14 Å². The van der Waals surface area contributed by atoms with Gasteiger partial charge in [-0.25, -0.2) is 18.4 Å². The summed E-state index contributed by atoms with van der Waals surface area (Å²) in [6, 6.07) is 4.15. The standard InChI is InChI=1S/C9H10N2O4S/c1-11-5-6-4-7(16(10,13)14)2-3-8(6)15-9(11)12/h2-4H,5H2,1H3,(H2,10,13,14). The monoisotopic (exact) mass is 242 g/mol. The highest BCUT2D eigenvalue weighted by Gasteiger charge is 2.23. The van der Waals surface area contributed by atoms with Crippen LogP contribution in [-0.4, -0.2) is 26.5 Å². The van der Waals surface area contributed by atoms with Crippen LogP contribution >= 0.6 is 0 Å². The van der Waals surface area contributed by atoms with Crippen LogP contribution in [0.15, 0.2) is 23.1 Å². The van der Waals surface area contributed by atoms with E-state index in [2.05, 4.69) is 0 Å². The number of carbonyl (C=O) groups is 1. The number of ether oxygens (including phenoxy) is 1. The molecule has 6 nitrogen and oxygen atoms in total. The van der Waals surface area contributed by atoms with Crippen molar-refractivity contribution in [2.45, 2.75) is 11.4 Å². The van der Waals surface area contributed by atoms with E-state index in [-0.39, 0.29) is 4.90 Å². The number of hydrogen-bond donors (Lipinski definition) is 1. The fourth-order valence-corrected chi connectivity index (χ4v) is 2.01. The summed E-state index contributed by atoms with van der Waals surface area (Å²) in [7, 11) is -2.16. The molecule has 0 radical (unpaired) electrons. The van der Waals surface area contributed by atoms with Gasteiger partial charge in [0.05, 0.1) is 11.4 Å². The topological polar surface area (TPSA) is 89.7 Å². The quantitative estimate of drug-likeness (QED) is 0.765. The van der Waals surface area contributed by atoms with Crippen molar-refractivity contribution >= 4 is 16.1 Å².